The van der Waals surface area contributed by atoms with E-state index in [0.717, 1.165) is 47.5 Å². The van der Waals surface area contributed by atoms with Gasteiger partial charge in [-0.25, -0.2) is 9.97 Å². The zero-order chi connectivity index (χ0) is 15.7. The highest BCUT2D eigenvalue weighted by Crippen LogP contribution is 2.27. The summed E-state index contributed by atoms with van der Waals surface area (Å²) >= 11 is 0. The lowest BCUT2D eigenvalue weighted by molar-refractivity contribution is 0.606. The Morgan fingerprint density at radius 1 is 1.36 bits per heavy atom. The summed E-state index contributed by atoms with van der Waals surface area (Å²) in [7, 11) is 0. The second-order valence-corrected chi connectivity index (χ2v) is 5.54. The number of aryl methyl sites for hydroxylation is 1. The maximum absolute atomic E-state index is 7.51. The molecule has 1 atom stereocenters. The first kappa shape index (κ1) is 14.2. The molecule has 1 aliphatic rings. The average Bonchev–Trinajstić information content (AvgIpc) is 2.46. The first-order valence-electron chi connectivity index (χ1n) is 7.21. The van der Waals surface area contributed by atoms with Crippen LogP contribution in [0.3, 0.4) is 0 Å². The van der Waals surface area contributed by atoms with Gasteiger partial charge in [0, 0.05) is 35.8 Å². The monoisotopic (exact) mass is 297 g/mol. The van der Waals surface area contributed by atoms with Crippen molar-refractivity contribution in [1.29, 1.82) is 5.41 Å². The summed E-state index contributed by atoms with van der Waals surface area (Å²) in [5, 5.41) is 10.9. The Hall–Kier alpha value is -2.70. The van der Waals surface area contributed by atoms with Crippen LogP contribution in [0.25, 0.3) is 0 Å². The van der Waals surface area contributed by atoms with Crippen LogP contribution in [0.5, 0.6) is 0 Å². The van der Waals surface area contributed by atoms with Crippen LogP contribution >= 0.6 is 0 Å². The molecule has 0 fully saturated rings. The number of nitrogens with one attached hydrogen (secondary N) is 2. The number of nitrogens with two attached hydrogens (primary N) is 2. The molecule has 1 aliphatic carbocycles. The van der Waals surface area contributed by atoms with Gasteiger partial charge in [-0.05, 0) is 37.3 Å². The van der Waals surface area contributed by atoms with Crippen LogP contribution in [0.4, 0.5) is 17.6 Å². The summed E-state index contributed by atoms with van der Waals surface area (Å²) in [6.45, 7) is 1.89. The van der Waals surface area contributed by atoms with Crippen molar-refractivity contribution in [3.63, 3.8) is 0 Å². The van der Waals surface area contributed by atoms with Crippen molar-refractivity contribution >= 4 is 23.8 Å². The van der Waals surface area contributed by atoms with Crippen molar-refractivity contribution in [3.8, 4) is 0 Å². The summed E-state index contributed by atoms with van der Waals surface area (Å²) in [5.74, 6) is 1.45. The predicted molar refractivity (Wildman–Crippen MR) is 87.2 cm³/mol. The Morgan fingerprint density at radius 2 is 2.18 bits per heavy atom. The molecule has 0 radical (unpaired) electrons. The van der Waals surface area contributed by atoms with Crippen LogP contribution in [0.2, 0.25) is 0 Å². The zero-order valence-corrected chi connectivity index (χ0v) is 12.4. The predicted octanol–water partition coefficient (Wildman–Crippen LogP) is 1.31. The number of hydrogen-bond donors (Lipinski definition) is 4. The highest BCUT2D eigenvalue weighted by atomic mass is 15.1. The summed E-state index contributed by atoms with van der Waals surface area (Å²) in [6.07, 6.45) is 5.74. The normalized spacial score (nSPS) is 16.9. The Morgan fingerprint density at radius 3 is 2.91 bits per heavy atom. The number of aromatic nitrogens is 3. The highest BCUT2D eigenvalue weighted by Gasteiger charge is 2.22. The first-order chi connectivity index (χ1) is 10.6. The zero-order valence-electron chi connectivity index (χ0n) is 12.4. The first-order valence-corrected chi connectivity index (χ1v) is 7.21. The summed E-state index contributed by atoms with van der Waals surface area (Å²) in [4.78, 5) is 12.5. The molecule has 7 nitrogen and oxygen atoms in total. The van der Waals surface area contributed by atoms with Gasteiger partial charge in [0.25, 0.3) is 0 Å². The van der Waals surface area contributed by atoms with Gasteiger partial charge in [-0.15, -0.1) is 0 Å². The largest absolute Gasteiger partial charge is 0.383 e. The summed E-state index contributed by atoms with van der Waals surface area (Å²) in [5.41, 5.74) is 15.4. The van der Waals surface area contributed by atoms with E-state index in [4.69, 9.17) is 16.9 Å². The minimum Gasteiger partial charge on any atom is -0.383 e. The van der Waals surface area contributed by atoms with Gasteiger partial charge in [0.15, 0.2) is 0 Å². The lowest BCUT2D eigenvalue weighted by atomic mass is 9.87. The topological polar surface area (TPSA) is 127 Å². The van der Waals surface area contributed by atoms with Gasteiger partial charge in [0.05, 0.1) is 0 Å². The number of nitrogen functional groups attached to an aromatic ring is 2. The van der Waals surface area contributed by atoms with E-state index in [1.165, 1.54) is 6.21 Å². The molecule has 3 rings (SSSR count). The van der Waals surface area contributed by atoms with Crippen molar-refractivity contribution in [2.45, 2.75) is 32.2 Å². The number of fused-ring (bicyclic) bond motifs is 1. The Bertz CT molecular complexity index is 706. The molecule has 0 bridgehead atoms. The van der Waals surface area contributed by atoms with E-state index in [9.17, 15) is 0 Å². The number of rotatable bonds is 3. The SMILES string of the molecule is Cc1cc(NC2CCc3c(cnc(N)c3C=N)C2)nc(N)n1. The maximum Gasteiger partial charge on any atom is 0.222 e. The Balaban J connectivity index is 1.81. The van der Waals surface area contributed by atoms with E-state index in [1.54, 1.807) is 0 Å². The molecule has 2 heterocycles. The minimum atomic E-state index is 0.255. The lowest BCUT2D eigenvalue weighted by Crippen LogP contribution is -2.29. The standard InChI is InChI=1S/C15H19N7/c1-8-4-13(22-15(18)20-8)21-10-2-3-11-9(5-10)7-19-14(17)12(11)6-16/h4,6-7,10,16H,2-3,5H2,1H3,(H2,17,19)(H3,18,20,21,22). The number of pyridine rings is 1. The van der Waals surface area contributed by atoms with Crippen LogP contribution < -0.4 is 16.8 Å². The van der Waals surface area contributed by atoms with Gasteiger partial charge in [-0.3, -0.25) is 0 Å². The third-order valence-electron chi connectivity index (χ3n) is 3.93. The van der Waals surface area contributed by atoms with Crippen molar-refractivity contribution in [1.82, 2.24) is 15.0 Å². The second kappa shape index (κ2) is 5.59. The highest BCUT2D eigenvalue weighted by molar-refractivity contribution is 5.86. The molecular formula is C15H19N7. The number of anilines is 3. The Kier molecular flexibility index (Phi) is 3.62. The van der Waals surface area contributed by atoms with E-state index in [0.29, 0.717) is 5.82 Å². The number of hydrogen-bond acceptors (Lipinski definition) is 7. The molecule has 0 aromatic carbocycles. The van der Waals surface area contributed by atoms with Gasteiger partial charge in [0.2, 0.25) is 5.95 Å². The van der Waals surface area contributed by atoms with E-state index in [-0.39, 0.29) is 12.0 Å². The fourth-order valence-corrected chi connectivity index (χ4v) is 2.94. The maximum atomic E-state index is 7.51. The molecule has 7 heteroatoms. The second-order valence-electron chi connectivity index (χ2n) is 5.54. The van der Waals surface area contributed by atoms with Crippen molar-refractivity contribution < 1.29 is 0 Å². The van der Waals surface area contributed by atoms with Crippen LogP contribution in [0, 0.1) is 12.3 Å². The molecule has 6 N–H and O–H groups in total. The molecule has 22 heavy (non-hydrogen) atoms. The van der Waals surface area contributed by atoms with E-state index in [2.05, 4.69) is 20.3 Å². The molecule has 0 aliphatic heterocycles. The van der Waals surface area contributed by atoms with Gasteiger partial charge in [-0.2, -0.15) is 4.98 Å². The van der Waals surface area contributed by atoms with Crippen LogP contribution in [0.15, 0.2) is 12.3 Å². The van der Waals surface area contributed by atoms with Gasteiger partial charge in [0.1, 0.15) is 11.6 Å². The molecule has 1 unspecified atom stereocenters. The molecule has 2 aromatic rings. The van der Waals surface area contributed by atoms with Crippen LogP contribution in [-0.2, 0) is 12.8 Å². The quantitative estimate of drug-likeness (QED) is 0.633. The third-order valence-corrected chi connectivity index (χ3v) is 3.93. The molecule has 2 aromatic heterocycles. The van der Waals surface area contributed by atoms with E-state index < -0.39 is 0 Å². The van der Waals surface area contributed by atoms with Crippen molar-refractivity contribution in [2.75, 3.05) is 16.8 Å². The van der Waals surface area contributed by atoms with Gasteiger partial charge in [-0.1, -0.05) is 0 Å². The van der Waals surface area contributed by atoms with E-state index in [1.807, 2.05) is 19.2 Å². The van der Waals surface area contributed by atoms with E-state index >= 15 is 0 Å². The average molecular weight is 297 g/mol. The third kappa shape index (κ3) is 2.69. The number of nitrogens with zero attached hydrogens (tertiary/aromatic N) is 3. The van der Waals surface area contributed by atoms with Crippen molar-refractivity contribution in [3.05, 3.63) is 34.6 Å². The molecular weight excluding hydrogens is 278 g/mol. The molecule has 114 valence electrons. The fraction of sp³-hybridized carbons (Fsp3) is 0.333. The fourth-order valence-electron chi connectivity index (χ4n) is 2.94. The molecule has 0 spiro atoms. The van der Waals surface area contributed by atoms with Gasteiger partial charge >= 0.3 is 0 Å². The van der Waals surface area contributed by atoms with Crippen molar-refractivity contribution in [2.24, 2.45) is 0 Å². The minimum absolute atomic E-state index is 0.255. The molecule has 0 saturated carbocycles. The summed E-state index contributed by atoms with van der Waals surface area (Å²) < 4.78 is 0. The lowest BCUT2D eigenvalue weighted by Gasteiger charge is -2.27. The van der Waals surface area contributed by atoms with Crippen LogP contribution in [0.1, 0.15) is 28.8 Å². The smallest absolute Gasteiger partial charge is 0.222 e. The Labute approximate surface area is 128 Å². The van der Waals surface area contributed by atoms with Crippen LogP contribution in [-0.4, -0.2) is 27.2 Å². The molecule has 0 saturated heterocycles. The molecule has 0 amide bonds. The summed E-state index contributed by atoms with van der Waals surface area (Å²) in [6, 6.07) is 2.14. The van der Waals surface area contributed by atoms with Gasteiger partial charge < -0.3 is 22.2 Å².